The van der Waals surface area contributed by atoms with Gasteiger partial charge in [-0.05, 0) is 17.7 Å². The van der Waals surface area contributed by atoms with E-state index in [9.17, 15) is 22.8 Å². The monoisotopic (exact) mass is 461 g/mol. The molecule has 2 aliphatic heterocycles. The fourth-order valence-corrected chi connectivity index (χ4v) is 3.26. The number of aromatic nitrogens is 1. The summed E-state index contributed by atoms with van der Waals surface area (Å²) in [6.45, 7) is -0.00449. The number of amidine groups is 1. The predicted molar refractivity (Wildman–Crippen MR) is 110 cm³/mol. The summed E-state index contributed by atoms with van der Waals surface area (Å²) in [5, 5.41) is 2.60. The summed E-state index contributed by atoms with van der Waals surface area (Å²) in [5.74, 6) is -0.289. The standard InChI is InChI=1S/C21H18F3N5O4/c1-32-17-7-6-14(10-25-17)26-18(30)16-12-29-9-8-28(19(31)27-20(29)33-16)11-13-4-2-3-5-15(13)21(22,23)24/h2-7,10,12H,8-9,11H2,1H3,(H,26,30). The maximum absolute atomic E-state index is 13.3. The third-order valence-corrected chi connectivity index (χ3v) is 4.90. The number of pyridine rings is 1. The van der Waals surface area contributed by atoms with E-state index in [4.69, 9.17) is 9.47 Å². The molecule has 4 rings (SSSR count). The van der Waals surface area contributed by atoms with Crippen LogP contribution in [0.2, 0.25) is 0 Å². The number of nitrogens with zero attached hydrogens (tertiary/aromatic N) is 4. The molecule has 0 unspecified atom stereocenters. The van der Waals surface area contributed by atoms with E-state index >= 15 is 0 Å². The summed E-state index contributed by atoms with van der Waals surface area (Å²) in [7, 11) is 1.47. The SMILES string of the molecule is COc1ccc(NC(=O)C2=CN3CCN(Cc4ccccc4C(F)(F)F)C(=O)N=C3O2)cn1. The van der Waals surface area contributed by atoms with E-state index in [0.717, 1.165) is 6.07 Å². The van der Waals surface area contributed by atoms with Crippen molar-refractivity contribution in [1.82, 2.24) is 14.8 Å². The maximum atomic E-state index is 13.3. The number of benzene rings is 1. The molecule has 3 heterocycles. The number of urea groups is 1. The number of anilines is 1. The molecule has 1 aromatic carbocycles. The Bertz CT molecular complexity index is 1130. The van der Waals surface area contributed by atoms with E-state index in [1.165, 1.54) is 47.5 Å². The molecule has 0 radical (unpaired) electrons. The lowest BCUT2D eigenvalue weighted by Crippen LogP contribution is -2.32. The number of amides is 3. The minimum atomic E-state index is -4.54. The molecule has 33 heavy (non-hydrogen) atoms. The first kappa shape index (κ1) is 22.1. The fraction of sp³-hybridized carbons (Fsp3) is 0.238. The van der Waals surface area contributed by atoms with Crippen LogP contribution in [0, 0.1) is 0 Å². The average molecular weight is 461 g/mol. The van der Waals surface area contributed by atoms with Gasteiger partial charge in [0.25, 0.3) is 5.91 Å². The van der Waals surface area contributed by atoms with Gasteiger partial charge in [-0.1, -0.05) is 18.2 Å². The first-order chi connectivity index (χ1) is 15.7. The number of ether oxygens (including phenoxy) is 2. The van der Waals surface area contributed by atoms with Crippen LogP contribution in [0.4, 0.5) is 23.7 Å². The Balaban J connectivity index is 1.43. The summed E-state index contributed by atoms with van der Waals surface area (Å²) in [4.78, 5) is 35.5. The molecule has 2 aromatic rings. The van der Waals surface area contributed by atoms with Crippen LogP contribution in [0.1, 0.15) is 11.1 Å². The number of carbonyl (C=O) groups is 2. The Morgan fingerprint density at radius 2 is 2.00 bits per heavy atom. The Morgan fingerprint density at radius 1 is 1.21 bits per heavy atom. The molecule has 1 aromatic heterocycles. The summed E-state index contributed by atoms with van der Waals surface area (Å²) in [6.07, 6.45) is -1.75. The molecular formula is C21H18F3N5O4. The lowest BCUT2D eigenvalue weighted by Gasteiger charge is -2.21. The van der Waals surface area contributed by atoms with Gasteiger partial charge in [-0.3, -0.25) is 9.69 Å². The van der Waals surface area contributed by atoms with Crippen molar-refractivity contribution in [3.05, 3.63) is 65.7 Å². The zero-order chi connectivity index (χ0) is 23.6. The second-order valence-electron chi connectivity index (χ2n) is 7.09. The number of fused-ring (bicyclic) bond motifs is 1. The summed E-state index contributed by atoms with van der Waals surface area (Å²) < 4.78 is 50.2. The molecule has 12 heteroatoms. The largest absolute Gasteiger partial charge is 0.481 e. The topological polar surface area (TPSA) is 96.4 Å². The van der Waals surface area contributed by atoms with Crippen LogP contribution in [0.25, 0.3) is 0 Å². The highest BCUT2D eigenvalue weighted by Gasteiger charge is 2.35. The number of nitrogens with one attached hydrogen (secondary N) is 1. The normalized spacial score (nSPS) is 15.8. The first-order valence-corrected chi connectivity index (χ1v) is 9.75. The molecule has 3 amide bonds. The number of hydrogen-bond acceptors (Lipinski definition) is 6. The van der Waals surface area contributed by atoms with Crippen molar-refractivity contribution in [3.63, 3.8) is 0 Å². The smallest absolute Gasteiger partial charge is 0.416 e. The van der Waals surface area contributed by atoms with Gasteiger partial charge in [0.2, 0.25) is 11.6 Å². The Kier molecular flexibility index (Phi) is 5.90. The first-order valence-electron chi connectivity index (χ1n) is 9.75. The van der Waals surface area contributed by atoms with Gasteiger partial charge in [0.05, 0.1) is 30.8 Å². The highest BCUT2D eigenvalue weighted by molar-refractivity contribution is 6.06. The second kappa shape index (κ2) is 8.81. The quantitative estimate of drug-likeness (QED) is 0.735. The van der Waals surface area contributed by atoms with Crippen molar-refractivity contribution >= 4 is 23.6 Å². The minimum Gasteiger partial charge on any atom is -0.481 e. The van der Waals surface area contributed by atoms with Crippen LogP contribution in [0.5, 0.6) is 5.88 Å². The third kappa shape index (κ3) is 4.89. The highest BCUT2D eigenvalue weighted by Crippen LogP contribution is 2.32. The average Bonchev–Trinajstić information content (AvgIpc) is 3.13. The van der Waals surface area contributed by atoms with Gasteiger partial charge in [0.1, 0.15) is 0 Å². The third-order valence-electron chi connectivity index (χ3n) is 4.90. The molecule has 0 spiro atoms. The van der Waals surface area contributed by atoms with Crippen LogP contribution in [0.15, 0.2) is 59.5 Å². The molecule has 0 fully saturated rings. The molecule has 0 saturated heterocycles. The van der Waals surface area contributed by atoms with E-state index in [1.54, 1.807) is 12.1 Å². The van der Waals surface area contributed by atoms with E-state index in [1.807, 2.05) is 0 Å². The molecule has 1 N–H and O–H groups in total. The molecule has 2 aliphatic rings. The Morgan fingerprint density at radius 3 is 2.70 bits per heavy atom. The van der Waals surface area contributed by atoms with E-state index in [0.29, 0.717) is 11.6 Å². The van der Waals surface area contributed by atoms with Crippen LogP contribution < -0.4 is 10.1 Å². The Hall–Kier alpha value is -4.09. The van der Waals surface area contributed by atoms with Gasteiger partial charge >= 0.3 is 18.2 Å². The number of hydrogen-bond donors (Lipinski definition) is 1. The lowest BCUT2D eigenvalue weighted by atomic mass is 10.1. The number of halogens is 3. The van der Waals surface area contributed by atoms with Gasteiger partial charge in [-0.2, -0.15) is 13.2 Å². The van der Waals surface area contributed by atoms with E-state index in [2.05, 4.69) is 15.3 Å². The molecule has 0 aliphatic carbocycles. The molecule has 0 atom stereocenters. The fourth-order valence-electron chi connectivity index (χ4n) is 3.26. The lowest BCUT2D eigenvalue weighted by molar-refractivity contribution is -0.138. The summed E-state index contributed by atoms with van der Waals surface area (Å²) in [6, 6.07) is 7.34. The summed E-state index contributed by atoms with van der Waals surface area (Å²) in [5.41, 5.74) is -0.441. The molecule has 9 nitrogen and oxygen atoms in total. The molecule has 0 saturated carbocycles. The van der Waals surface area contributed by atoms with Crippen molar-refractivity contribution in [2.24, 2.45) is 4.99 Å². The zero-order valence-corrected chi connectivity index (χ0v) is 17.3. The summed E-state index contributed by atoms with van der Waals surface area (Å²) >= 11 is 0. The van der Waals surface area contributed by atoms with Gasteiger partial charge in [0, 0.05) is 25.7 Å². The van der Waals surface area contributed by atoms with Gasteiger partial charge in [-0.25, -0.2) is 9.78 Å². The number of aliphatic imine (C=N–C) groups is 1. The Labute approximate surface area is 186 Å². The number of alkyl halides is 3. The minimum absolute atomic E-state index is 0.0368. The van der Waals surface area contributed by atoms with Gasteiger partial charge in [0.15, 0.2) is 0 Å². The van der Waals surface area contributed by atoms with Crippen molar-refractivity contribution < 1.29 is 32.2 Å². The van der Waals surface area contributed by atoms with Crippen LogP contribution >= 0.6 is 0 Å². The van der Waals surface area contributed by atoms with Crippen molar-refractivity contribution in [3.8, 4) is 5.88 Å². The number of rotatable bonds is 5. The zero-order valence-electron chi connectivity index (χ0n) is 17.3. The molecule has 172 valence electrons. The van der Waals surface area contributed by atoms with Gasteiger partial charge < -0.3 is 19.7 Å². The van der Waals surface area contributed by atoms with Crippen LogP contribution in [0.3, 0.4) is 0 Å². The van der Waals surface area contributed by atoms with Crippen LogP contribution in [-0.2, 0) is 22.3 Å². The second-order valence-corrected chi connectivity index (χ2v) is 7.09. The van der Waals surface area contributed by atoms with Crippen LogP contribution in [-0.4, -0.2) is 52.9 Å². The highest BCUT2D eigenvalue weighted by atomic mass is 19.4. The van der Waals surface area contributed by atoms with Crippen molar-refractivity contribution in [1.29, 1.82) is 0 Å². The predicted octanol–water partition coefficient (Wildman–Crippen LogP) is 3.21. The number of methoxy groups -OCH3 is 1. The van der Waals surface area contributed by atoms with E-state index in [-0.39, 0.29) is 37.0 Å². The van der Waals surface area contributed by atoms with Gasteiger partial charge in [-0.15, -0.1) is 4.99 Å². The maximum Gasteiger partial charge on any atom is 0.416 e. The molecule has 0 bridgehead atoms. The number of carbonyl (C=O) groups excluding carboxylic acids is 2. The van der Waals surface area contributed by atoms with Crippen molar-refractivity contribution in [2.45, 2.75) is 12.7 Å². The van der Waals surface area contributed by atoms with E-state index < -0.39 is 23.7 Å². The van der Waals surface area contributed by atoms with Crippen molar-refractivity contribution in [2.75, 3.05) is 25.5 Å². The molecular weight excluding hydrogens is 443 g/mol.